The zero-order valence-corrected chi connectivity index (χ0v) is 17.3. The average molecular weight is 486 g/mol. The Bertz CT molecular complexity index is 1170. The standard InChI is InChI=1S/C20H12Cl2F3N3O4/c21-16-6-3-13(28(30)31)8-15(16)18(29)26-9-11-1-4-14(5-2-11)32-19-17(22)7-12(10-27-19)20(23,24)25/h1-8,10H,9H2,(H,26,29). The zero-order valence-electron chi connectivity index (χ0n) is 15.8. The molecular formula is C20H12Cl2F3N3O4. The van der Waals surface area contributed by atoms with Gasteiger partial charge < -0.3 is 10.1 Å². The highest BCUT2D eigenvalue weighted by Gasteiger charge is 2.31. The largest absolute Gasteiger partial charge is 0.438 e. The maximum atomic E-state index is 12.7. The molecule has 7 nitrogen and oxygen atoms in total. The first-order valence-corrected chi connectivity index (χ1v) is 9.52. The van der Waals surface area contributed by atoms with Crippen LogP contribution in [-0.4, -0.2) is 15.8 Å². The molecule has 0 aliphatic rings. The van der Waals surface area contributed by atoms with Crippen LogP contribution in [0.3, 0.4) is 0 Å². The molecule has 0 saturated carbocycles. The van der Waals surface area contributed by atoms with Crippen LogP contribution in [0.15, 0.2) is 54.7 Å². The summed E-state index contributed by atoms with van der Waals surface area (Å²) >= 11 is 11.8. The lowest BCUT2D eigenvalue weighted by Gasteiger charge is -2.11. The molecule has 0 atom stereocenters. The number of carbonyl (C=O) groups excluding carboxylic acids is 1. The first-order chi connectivity index (χ1) is 15.0. The number of benzene rings is 2. The summed E-state index contributed by atoms with van der Waals surface area (Å²) in [5.41, 5.74) is -0.649. The number of nitro groups is 1. The molecule has 0 spiro atoms. The molecule has 0 fully saturated rings. The van der Waals surface area contributed by atoms with Crippen LogP contribution in [0.2, 0.25) is 10.0 Å². The fourth-order valence-corrected chi connectivity index (χ4v) is 2.93. The van der Waals surface area contributed by atoms with Crippen molar-refractivity contribution < 1.29 is 27.6 Å². The predicted octanol–water partition coefficient (Wildman–Crippen LogP) is 6.04. The van der Waals surface area contributed by atoms with Gasteiger partial charge in [-0.1, -0.05) is 35.3 Å². The van der Waals surface area contributed by atoms with E-state index in [9.17, 15) is 28.1 Å². The second kappa shape index (κ2) is 9.41. The summed E-state index contributed by atoms with van der Waals surface area (Å²) in [6.07, 6.45) is -3.96. The monoisotopic (exact) mass is 485 g/mol. The van der Waals surface area contributed by atoms with E-state index >= 15 is 0 Å². The van der Waals surface area contributed by atoms with E-state index in [0.29, 0.717) is 17.8 Å². The van der Waals surface area contributed by atoms with E-state index in [2.05, 4.69) is 10.3 Å². The maximum Gasteiger partial charge on any atom is 0.417 e. The number of hydrogen-bond donors (Lipinski definition) is 1. The summed E-state index contributed by atoms with van der Waals surface area (Å²) in [5.74, 6) is -0.531. The molecule has 0 saturated heterocycles. The molecular weight excluding hydrogens is 474 g/mol. The molecule has 32 heavy (non-hydrogen) atoms. The third kappa shape index (κ3) is 5.65. The molecule has 0 unspecified atom stereocenters. The normalized spacial score (nSPS) is 11.2. The Morgan fingerprint density at radius 3 is 2.38 bits per heavy atom. The fraction of sp³-hybridized carbons (Fsp3) is 0.100. The van der Waals surface area contributed by atoms with Gasteiger partial charge in [-0.3, -0.25) is 14.9 Å². The fourth-order valence-electron chi connectivity index (χ4n) is 2.52. The van der Waals surface area contributed by atoms with E-state index in [-0.39, 0.29) is 39.5 Å². The number of halogens is 5. The molecule has 1 amide bonds. The first kappa shape index (κ1) is 23.3. The van der Waals surface area contributed by atoms with Gasteiger partial charge in [0.2, 0.25) is 5.88 Å². The minimum absolute atomic E-state index is 0.0381. The van der Waals surface area contributed by atoms with Crippen LogP contribution in [0.1, 0.15) is 21.5 Å². The highest BCUT2D eigenvalue weighted by Crippen LogP contribution is 2.34. The number of carbonyl (C=O) groups is 1. The molecule has 0 aliphatic heterocycles. The quantitative estimate of drug-likeness (QED) is 0.339. The zero-order chi connectivity index (χ0) is 23.5. The lowest BCUT2D eigenvalue weighted by Crippen LogP contribution is -2.23. The number of amides is 1. The van der Waals surface area contributed by atoms with Crippen molar-refractivity contribution in [2.24, 2.45) is 0 Å². The molecule has 166 valence electrons. The molecule has 3 rings (SSSR count). The van der Waals surface area contributed by atoms with Gasteiger partial charge in [0.25, 0.3) is 11.6 Å². The van der Waals surface area contributed by atoms with Gasteiger partial charge in [0.1, 0.15) is 10.8 Å². The smallest absolute Gasteiger partial charge is 0.417 e. The number of non-ortho nitro benzene ring substituents is 1. The minimum Gasteiger partial charge on any atom is -0.438 e. The van der Waals surface area contributed by atoms with Crippen LogP contribution in [0.5, 0.6) is 11.6 Å². The van der Waals surface area contributed by atoms with Crippen molar-refractivity contribution in [2.75, 3.05) is 0 Å². The minimum atomic E-state index is -4.57. The summed E-state index contributed by atoms with van der Waals surface area (Å²) in [6, 6.07) is 10.5. The molecule has 3 aromatic rings. The second-order valence-electron chi connectivity index (χ2n) is 6.36. The van der Waals surface area contributed by atoms with Gasteiger partial charge in [0.05, 0.1) is 21.1 Å². The van der Waals surface area contributed by atoms with Crippen molar-refractivity contribution in [3.8, 4) is 11.6 Å². The number of aromatic nitrogens is 1. The Hall–Kier alpha value is -3.37. The van der Waals surface area contributed by atoms with E-state index in [1.54, 1.807) is 12.1 Å². The molecule has 12 heteroatoms. The third-order valence-corrected chi connectivity index (χ3v) is 4.73. The SMILES string of the molecule is O=C(NCc1ccc(Oc2ncc(C(F)(F)F)cc2Cl)cc1)c1cc([N+](=O)[O-])ccc1Cl. The molecule has 2 aromatic carbocycles. The number of nitro benzene ring substituents is 1. The number of alkyl halides is 3. The molecule has 1 aromatic heterocycles. The van der Waals surface area contributed by atoms with Crippen LogP contribution in [0.4, 0.5) is 18.9 Å². The number of hydrogen-bond acceptors (Lipinski definition) is 5. The summed E-state index contributed by atoms with van der Waals surface area (Å²) in [4.78, 5) is 26.1. The van der Waals surface area contributed by atoms with E-state index in [0.717, 1.165) is 6.07 Å². The molecule has 0 radical (unpaired) electrons. The van der Waals surface area contributed by atoms with Crippen molar-refractivity contribution in [3.05, 3.63) is 91.6 Å². The number of nitrogens with zero attached hydrogens (tertiary/aromatic N) is 2. The van der Waals surface area contributed by atoms with Crippen LogP contribution in [0, 0.1) is 10.1 Å². The lowest BCUT2D eigenvalue weighted by atomic mass is 10.1. The van der Waals surface area contributed by atoms with Crippen LogP contribution in [0.25, 0.3) is 0 Å². The lowest BCUT2D eigenvalue weighted by molar-refractivity contribution is -0.384. The van der Waals surface area contributed by atoms with Gasteiger partial charge in [-0.2, -0.15) is 13.2 Å². The Morgan fingerprint density at radius 2 is 1.78 bits per heavy atom. The van der Waals surface area contributed by atoms with Crippen LogP contribution in [-0.2, 0) is 12.7 Å². The summed E-state index contributed by atoms with van der Waals surface area (Å²) in [7, 11) is 0. The maximum absolute atomic E-state index is 12.7. The topological polar surface area (TPSA) is 94.4 Å². The third-order valence-electron chi connectivity index (χ3n) is 4.13. The number of rotatable bonds is 6. The van der Waals surface area contributed by atoms with Crippen molar-refractivity contribution >= 4 is 34.8 Å². The molecule has 1 heterocycles. The van der Waals surface area contributed by atoms with E-state index in [1.807, 2.05) is 0 Å². The van der Waals surface area contributed by atoms with Crippen molar-refractivity contribution in [1.29, 1.82) is 0 Å². The van der Waals surface area contributed by atoms with Gasteiger partial charge in [0, 0.05) is 24.9 Å². The number of pyridine rings is 1. The van der Waals surface area contributed by atoms with Crippen molar-refractivity contribution in [1.82, 2.24) is 10.3 Å². The molecule has 0 bridgehead atoms. The molecule has 1 N–H and O–H groups in total. The first-order valence-electron chi connectivity index (χ1n) is 8.76. The van der Waals surface area contributed by atoms with Crippen LogP contribution >= 0.6 is 23.2 Å². The van der Waals surface area contributed by atoms with E-state index < -0.39 is 22.6 Å². The van der Waals surface area contributed by atoms with E-state index in [1.165, 1.54) is 24.3 Å². The summed E-state index contributed by atoms with van der Waals surface area (Å²) in [5, 5.41) is 13.2. The number of nitrogens with one attached hydrogen (secondary N) is 1. The van der Waals surface area contributed by atoms with Crippen LogP contribution < -0.4 is 10.1 Å². The van der Waals surface area contributed by atoms with Crippen molar-refractivity contribution in [3.63, 3.8) is 0 Å². The second-order valence-corrected chi connectivity index (χ2v) is 7.17. The average Bonchev–Trinajstić information content (AvgIpc) is 2.73. The highest BCUT2D eigenvalue weighted by molar-refractivity contribution is 6.34. The summed E-state index contributed by atoms with van der Waals surface area (Å²) < 4.78 is 43.4. The van der Waals surface area contributed by atoms with Crippen molar-refractivity contribution in [2.45, 2.75) is 12.7 Å². The summed E-state index contributed by atoms with van der Waals surface area (Å²) in [6.45, 7) is 0.0808. The Kier molecular flexibility index (Phi) is 6.85. The van der Waals surface area contributed by atoms with Gasteiger partial charge in [-0.15, -0.1) is 0 Å². The Balaban J connectivity index is 1.64. The van der Waals surface area contributed by atoms with Gasteiger partial charge >= 0.3 is 6.18 Å². The predicted molar refractivity (Wildman–Crippen MR) is 110 cm³/mol. The highest BCUT2D eigenvalue weighted by atomic mass is 35.5. The van der Waals surface area contributed by atoms with E-state index in [4.69, 9.17) is 27.9 Å². The Morgan fingerprint density at radius 1 is 1.09 bits per heavy atom. The van der Waals surface area contributed by atoms with Gasteiger partial charge in [0.15, 0.2) is 0 Å². The van der Waals surface area contributed by atoms with Gasteiger partial charge in [-0.25, -0.2) is 4.98 Å². The van der Waals surface area contributed by atoms with Gasteiger partial charge in [-0.05, 0) is 29.8 Å². The Labute approximate surface area is 188 Å². The molecule has 0 aliphatic carbocycles. The number of ether oxygens (including phenoxy) is 1.